The molecule has 22 heavy (non-hydrogen) atoms. The standard InChI is InChI=1S/C14H23BN4O3/c20-14(16-13(15(21)22)10-5-4-6-10)12-9-19(18-17-12)11-7-2-1-3-8-11/h9-11,13,21-22H,1-8H2,(H,16,20)/t13-/m0/s1. The lowest BCUT2D eigenvalue weighted by molar-refractivity contribution is 0.0909. The van der Waals surface area contributed by atoms with E-state index in [0.717, 1.165) is 32.1 Å². The van der Waals surface area contributed by atoms with Gasteiger partial charge >= 0.3 is 7.12 Å². The highest BCUT2D eigenvalue weighted by Gasteiger charge is 2.37. The minimum Gasteiger partial charge on any atom is -0.426 e. The third-order valence-corrected chi connectivity index (χ3v) is 4.97. The zero-order chi connectivity index (χ0) is 15.5. The van der Waals surface area contributed by atoms with Crippen LogP contribution in [-0.2, 0) is 0 Å². The zero-order valence-electron chi connectivity index (χ0n) is 12.7. The molecule has 0 radical (unpaired) electrons. The number of hydrogen-bond donors (Lipinski definition) is 3. The van der Waals surface area contributed by atoms with Gasteiger partial charge in [0.05, 0.1) is 18.2 Å². The van der Waals surface area contributed by atoms with E-state index in [-0.39, 0.29) is 17.5 Å². The van der Waals surface area contributed by atoms with E-state index in [1.807, 2.05) is 0 Å². The van der Waals surface area contributed by atoms with Crippen LogP contribution in [0.1, 0.15) is 67.9 Å². The fraction of sp³-hybridized carbons (Fsp3) is 0.786. The summed E-state index contributed by atoms with van der Waals surface area (Å²) in [6.45, 7) is 0. The number of carbonyl (C=O) groups excluding carboxylic acids is 1. The minimum atomic E-state index is -1.54. The van der Waals surface area contributed by atoms with E-state index in [9.17, 15) is 14.8 Å². The van der Waals surface area contributed by atoms with E-state index >= 15 is 0 Å². The summed E-state index contributed by atoms with van der Waals surface area (Å²) >= 11 is 0. The Labute approximate surface area is 130 Å². The van der Waals surface area contributed by atoms with Gasteiger partial charge in [-0.15, -0.1) is 5.10 Å². The molecule has 0 unspecified atom stereocenters. The molecule has 1 atom stereocenters. The van der Waals surface area contributed by atoms with Gasteiger partial charge in [-0.1, -0.05) is 30.9 Å². The number of hydrogen-bond acceptors (Lipinski definition) is 5. The van der Waals surface area contributed by atoms with Crippen molar-refractivity contribution in [2.24, 2.45) is 5.92 Å². The van der Waals surface area contributed by atoms with Crippen molar-refractivity contribution in [2.75, 3.05) is 0 Å². The lowest BCUT2D eigenvalue weighted by atomic mass is 9.64. The molecule has 0 aromatic carbocycles. The van der Waals surface area contributed by atoms with Crippen molar-refractivity contribution in [3.05, 3.63) is 11.9 Å². The lowest BCUT2D eigenvalue weighted by Gasteiger charge is -2.33. The molecule has 1 aromatic rings. The summed E-state index contributed by atoms with van der Waals surface area (Å²) in [6, 6.07) is 0.327. The summed E-state index contributed by atoms with van der Waals surface area (Å²) in [7, 11) is -1.54. The Morgan fingerprint density at radius 2 is 1.95 bits per heavy atom. The van der Waals surface area contributed by atoms with Gasteiger partial charge < -0.3 is 15.4 Å². The van der Waals surface area contributed by atoms with Crippen LogP contribution in [-0.4, -0.2) is 44.0 Å². The molecule has 8 heteroatoms. The molecule has 0 bridgehead atoms. The maximum absolute atomic E-state index is 12.3. The van der Waals surface area contributed by atoms with Crippen molar-refractivity contribution in [3.8, 4) is 0 Å². The van der Waals surface area contributed by atoms with Crippen molar-refractivity contribution in [1.82, 2.24) is 20.3 Å². The highest BCUT2D eigenvalue weighted by Crippen LogP contribution is 2.30. The summed E-state index contributed by atoms with van der Waals surface area (Å²) in [4.78, 5) is 12.3. The van der Waals surface area contributed by atoms with Gasteiger partial charge in [0.1, 0.15) is 0 Å². The number of amides is 1. The molecule has 0 saturated heterocycles. The summed E-state index contributed by atoms with van der Waals surface area (Å²) in [5.74, 6) is -0.870. The first-order chi connectivity index (χ1) is 10.6. The molecule has 3 N–H and O–H groups in total. The van der Waals surface area contributed by atoms with Crippen LogP contribution in [0.4, 0.5) is 0 Å². The fourth-order valence-electron chi connectivity index (χ4n) is 3.36. The number of rotatable bonds is 5. The molecule has 2 fully saturated rings. The first kappa shape index (κ1) is 15.5. The van der Waals surface area contributed by atoms with Crippen LogP contribution in [0.25, 0.3) is 0 Å². The molecule has 2 aliphatic carbocycles. The van der Waals surface area contributed by atoms with E-state index in [1.54, 1.807) is 10.9 Å². The fourth-order valence-corrected chi connectivity index (χ4v) is 3.36. The van der Waals surface area contributed by atoms with Gasteiger partial charge in [0.15, 0.2) is 5.69 Å². The first-order valence-electron chi connectivity index (χ1n) is 8.24. The summed E-state index contributed by atoms with van der Waals surface area (Å²) < 4.78 is 1.78. The maximum Gasteiger partial charge on any atom is 0.475 e. The second-order valence-electron chi connectivity index (χ2n) is 6.48. The molecule has 1 heterocycles. The summed E-state index contributed by atoms with van der Waals surface area (Å²) in [5.41, 5.74) is 0.246. The van der Waals surface area contributed by atoms with Crippen molar-refractivity contribution in [3.63, 3.8) is 0 Å². The van der Waals surface area contributed by atoms with Gasteiger partial charge in [0.2, 0.25) is 0 Å². The second kappa shape index (κ2) is 6.79. The van der Waals surface area contributed by atoms with Gasteiger partial charge in [-0.25, -0.2) is 4.68 Å². The second-order valence-corrected chi connectivity index (χ2v) is 6.48. The number of aromatic nitrogens is 3. The summed E-state index contributed by atoms with van der Waals surface area (Å²) in [5, 5.41) is 29.6. The van der Waals surface area contributed by atoms with Gasteiger partial charge in [0, 0.05) is 0 Å². The van der Waals surface area contributed by atoms with Crippen LogP contribution in [0.2, 0.25) is 0 Å². The zero-order valence-corrected chi connectivity index (χ0v) is 12.7. The van der Waals surface area contributed by atoms with Crippen LogP contribution < -0.4 is 5.32 Å². The molecule has 3 rings (SSSR count). The number of nitrogens with zero attached hydrogens (tertiary/aromatic N) is 3. The van der Waals surface area contributed by atoms with Crippen LogP contribution in [0.5, 0.6) is 0 Å². The molecule has 1 amide bonds. The maximum atomic E-state index is 12.3. The number of carbonyl (C=O) groups is 1. The Morgan fingerprint density at radius 1 is 1.23 bits per heavy atom. The summed E-state index contributed by atoms with van der Waals surface area (Å²) in [6.07, 6.45) is 10.4. The van der Waals surface area contributed by atoms with Crippen LogP contribution in [0.15, 0.2) is 6.20 Å². The van der Waals surface area contributed by atoms with E-state index in [0.29, 0.717) is 6.04 Å². The number of nitrogens with one attached hydrogen (secondary N) is 1. The average Bonchev–Trinajstić information content (AvgIpc) is 2.95. The van der Waals surface area contributed by atoms with E-state index < -0.39 is 13.1 Å². The molecular weight excluding hydrogens is 283 g/mol. The molecular formula is C14H23BN4O3. The van der Waals surface area contributed by atoms with Crippen molar-refractivity contribution in [2.45, 2.75) is 63.3 Å². The molecule has 0 aliphatic heterocycles. The van der Waals surface area contributed by atoms with Crippen LogP contribution in [0.3, 0.4) is 0 Å². The molecule has 2 aliphatic rings. The molecule has 2 saturated carbocycles. The Hall–Kier alpha value is -1.41. The van der Waals surface area contributed by atoms with Gasteiger partial charge in [0.25, 0.3) is 5.91 Å². The van der Waals surface area contributed by atoms with Crippen molar-refractivity contribution in [1.29, 1.82) is 0 Å². The normalized spacial score (nSPS) is 21.2. The van der Waals surface area contributed by atoms with E-state index in [2.05, 4.69) is 15.6 Å². The predicted molar refractivity (Wildman–Crippen MR) is 80.9 cm³/mol. The van der Waals surface area contributed by atoms with Crippen molar-refractivity contribution >= 4 is 13.0 Å². The monoisotopic (exact) mass is 306 g/mol. The Bertz CT molecular complexity index is 512. The average molecular weight is 306 g/mol. The Kier molecular flexibility index (Phi) is 4.78. The molecule has 1 aromatic heterocycles. The van der Waals surface area contributed by atoms with Crippen molar-refractivity contribution < 1.29 is 14.8 Å². The Balaban J connectivity index is 1.63. The SMILES string of the molecule is O=C(N[C@H](B(O)O)C1CCC1)c1cn(C2CCCCC2)nn1. The minimum absolute atomic E-state index is 0.136. The smallest absolute Gasteiger partial charge is 0.426 e. The quantitative estimate of drug-likeness (QED) is 0.695. The molecule has 120 valence electrons. The predicted octanol–water partition coefficient (Wildman–Crippen LogP) is 0.694. The topological polar surface area (TPSA) is 100 Å². The van der Waals surface area contributed by atoms with E-state index in [4.69, 9.17) is 0 Å². The molecule has 0 spiro atoms. The highest BCUT2D eigenvalue weighted by molar-refractivity contribution is 6.43. The Morgan fingerprint density at radius 3 is 2.55 bits per heavy atom. The van der Waals surface area contributed by atoms with Gasteiger partial charge in [-0.05, 0) is 31.6 Å². The highest BCUT2D eigenvalue weighted by atomic mass is 16.4. The van der Waals surface area contributed by atoms with Gasteiger partial charge in [-0.2, -0.15) is 0 Å². The third-order valence-electron chi connectivity index (χ3n) is 4.97. The van der Waals surface area contributed by atoms with Gasteiger partial charge in [-0.3, -0.25) is 4.79 Å². The van der Waals surface area contributed by atoms with Crippen LogP contribution >= 0.6 is 0 Å². The lowest BCUT2D eigenvalue weighted by Crippen LogP contribution is -2.52. The largest absolute Gasteiger partial charge is 0.475 e. The van der Waals surface area contributed by atoms with Crippen LogP contribution in [0, 0.1) is 5.92 Å². The molecule has 7 nitrogen and oxygen atoms in total. The van der Waals surface area contributed by atoms with E-state index in [1.165, 1.54) is 19.3 Å². The first-order valence-corrected chi connectivity index (χ1v) is 8.24. The third kappa shape index (κ3) is 3.33.